The third-order valence-electron chi connectivity index (χ3n) is 4.00. The van der Waals surface area contributed by atoms with Gasteiger partial charge in [0.25, 0.3) is 11.6 Å². The van der Waals surface area contributed by atoms with Crippen LogP contribution in [0.25, 0.3) is 0 Å². The first kappa shape index (κ1) is 16.8. The van der Waals surface area contributed by atoms with Gasteiger partial charge in [0.05, 0.1) is 11.0 Å². The number of ether oxygens (including phenoxy) is 1. The van der Waals surface area contributed by atoms with Crippen molar-refractivity contribution in [2.45, 2.75) is 12.8 Å². The molecule has 1 fully saturated rings. The summed E-state index contributed by atoms with van der Waals surface area (Å²) in [5, 5.41) is 13.5. The number of hydrogen-bond donors (Lipinski definition) is 1. The van der Waals surface area contributed by atoms with Crippen molar-refractivity contribution in [3.63, 3.8) is 0 Å². The van der Waals surface area contributed by atoms with Crippen LogP contribution in [-0.2, 0) is 4.79 Å². The quantitative estimate of drug-likeness (QED) is 0.644. The molecule has 1 amide bonds. The summed E-state index contributed by atoms with van der Waals surface area (Å²) >= 11 is 0. The molecule has 2 aromatic rings. The van der Waals surface area contributed by atoms with Crippen LogP contribution in [0.2, 0.25) is 0 Å². The molecule has 25 heavy (non-hydrogen) atoms. The Morgan fingerprint density at radius 1 is 1.16 bits per heavy atom. The summed E-state index contributed by atoms with van der Waals surface area (Å²) in [6, 6.07) is 13.5. The number of anilines is 2. The van der Waals surface area contributed by atoms with Gasteiger partial charge in [-0.25, -0.2) is 0 Å². The number of carbonyl (C=O) groups excluding carboxylic acids is 1. The molecule has 0 bridgehead atoms. The second-order valence-electron chi connectivity index (χ2n) is 5.84. The molecule has 0 aliphatic carbocycles. The first-order valence-electron chi connectivity index (χ1n) is 8.14. The summed E-state index contributed by atoms with van der Waals surface area (Å²) < 4.78 is 5.33. The van der Waals surface area contributed by atoms with E-state index in [1.807, 2.05) is 24.3 Å². The van der Waals surface area contributed by atoms with Crippen molar-refractivity contribution >= 4 is 23.0 Å². The smallest absolute Gasteiger partial charge is 0.273 e. The van der Waals surface area contributed by atoms with E-state index >= 15 is 0 Å². The Balaban J connectivity index is 1.56. The number of nitrogens with zero attached hydrogens (tertiary/aromatic N) is 2. The second kappa shape index (κ2) is 7.65. The monoisotopic (exact) mass is 341 g/mol. The van der Waals surface area contributed by atoms with Gasteiger partial charge in [-0.1, -0.05) is 12.1 Å². The van der Waals surface area contributed by atoms with E-state index in [-0.39, 0.29) is 24.0 Å². The van der Waals surface area contributed by atoms with Crippen LogP contribution in [0.15, 0.2) is 48.5 Å². The number of amides is 1. The molecular weight excluding hydrogens is 322 g/mol. The fraction of sp³-hybridized carbons (Fsp3) is 0.278. The highest BCUT2D eigenvalue weighted by molar-refractivity contribution is 5.92. The fourth-order valence-electron chi connectivity index (χ4n) is 2.79. The summed E-state index contributed by atoms with van der Waals surface area (Å²) in [5.41, 5.74) is 1.73. The van der Waals surface area contributed by atoms with E-state index in [1.165, 1.54) is 31.0 Å². The van der Waals surface area contributed by atoms with Gasteiger partial charge < -0.3 is 15.0 Å². The maximum Gasteiger partial charge on any atom is 0.273 e. The molecule has 1 aliphatic heterocycles. The molecule has 0 aromatic heterocycles. The fourth-order valence-corrected chi connectivity index (χ4v) is 2.79. The highest BCUT2D eigenvalue weighted by Crippen LogP contribution is 2.23. The lowest BCUT2D eigenvalue weighted by molar-refractivity contribution is -0.384. The first-order valence-corrected chi connectivity index (χ1v) is 8.14. The highest BCUT2D eigenvalue weighted by Gasteiger charge is 2.13. The summed E-state index contributed by atoms with van der Waals surface area (Å²) in [6.45, 7) is 1.86. The lowest BCUT2D eigenvalue weighted by Crippen LogP contribution is -2.21. The topological polar surface area (TPSA) is 84.7 Å². The van der Waals surface area contributed by atoms with Gasteiger partial charge in [-0.05, 0) is 37.1 Å². The summed E-state index contributed by atoms with van der Waals surface area (Å²) in [4.78, 5) is 24.6. The highest BCUT2D eigenvalue weighted by atomic mass is 16.6. The molecule has 2 aromatic carbocycles. The van der Waals surface area contributed by atoms with Crippen molar-refractivity contribution in [1.29, 1.82) is 0 Å². The Kier molecular flexibility index (Phi) is 5.13. The summed E-state index contributed by atoms with van der Waals surface area (Å²) in [6.07, 6.45) is 2.38. The minimum atomic E-state index is -0.503. The predicted molar refractivity (Wildman–Crippen MR) is 95.1 cm³/mol. The van der Waals surface area contributed by atoms with Gasteiger partial charge in [-0.2, -0.15) is 0 Å². The van der Waals surface area contributed by atoms with Gasteiger partial charge in [-0.3, -0.25) is 14.9 Å². The van der Waals surface area contributed by atoms with E-state index in [0.717, 1.165) is 18.8 Å². The van der Waals surface area contributed by atoms with Crippen LogP contribution in [-0.4, -0.2) is 30.5 Å². The molecule has 1 saturated heterocycles. The van der Waals surface area contributed by atoms with Crippen LogP contribution < -0.4 is 15.0 Å². The van der Waals surface area contributed by atoms with E-state index in [2.05, 4.69) is 10.2 Å². The predicted octanol–water partition coefficient (Wildman–Crippen LogP) is 3.21. The summed E-state index contributed by atoms with van der Waals surface area (Å²) in [5.74, 6) is -0.0276. The van der Waals surface area contributed by atoms with E-state index in [1.54, 1.807) is 6.07 Å². The Morgan fingerprint density at radius 2 is 1.92 bits per heavy atom. The molecule has 7 nitrogen and oxygen atoms in total. The maximum absolute atomic E-state index is 12.1. The average molecular weight is 341 g/mol. The van der Waals surface area contributed by atoms with Gasteiger partial charge in [0.1, 0.15) is 5.75 Å². The molecule has 130 valence electrons. The molecule has 0 radical (unpaired) electrons. The van der Waals surface area contributed by atoms with E-state index < -0.39 is 4.92 Å². The summed E-state index contributed by atoms with van der Waals surface area (Å²) in [7, 11) is 0. The van der Waals surface area contributed by atoms with Crippen LogP contribution in [0, 0.1) is 10.1 Å². The maximum atomic E-state index is 12.1. The minimum absolute atomic E-state index is 0.0729. The van der Waals surface area contributed by atoms with Crippen molar-refractivity contribution < 1.29 is 14.5 Å². The molecule has 1 N–H and O–H groups in total. The third-order valence-corrected chi connectivity index (χ3v) is 4.00. The average Bonchev–Trinajstić information content (AvgIpc) is 3.15. The number of carbonyl (C=O) groups is 1. The van der Waals surface area contributed by atoms with Crippen molar-refractivity contribution in [2.24, 2.45) is 0 Å². The van der Waals surface area contributed by atoms with Crippen LogP contribution in [0.4, 0.5) is 17.1 Å². The number of nitrogens with one attached hydrogen (secondary N) is 1. The van der Waals surface area contributed by atoms with Crippen molar-refractivity contribution in [3.8, 4) is 5.75 Å². The van der Waals surface area contributed by atoms with Crippen molar-refractivity contribution in [1.82, 2.24) is 0 Å². The lowest BCUT2D eigenvalue weighted by atomic mass is 10.2. The number of nitro benzene ring substituents is 1. The molecular formula is C18H19N3O4. The van der Waals surface area contributed by atoms with Crippen LogP contribution >= 0.6 is 0 Å². The Morgan fingerprint density at radius 3 is 2.68 bits per heavy atom. The number of nitro groups is 1. The van der Waals surface area contributed by atoms with E-state index in [0.29, 0.717) is 5.69 Å². The van der Waals surface area contributed by atoms with Crippen LogP contribution in [0.3, 0.4) is 0 Å². The molecule has 0 unspecified atom stereocenters. The SMILES string of the molecule is O=C(COc1cccc([N+](=O)[O-])c1)Nc1cccc(N2CCCC2)c1. The van der Waals surface area contributed by atoms with Crippen LogP contribution in [0.1, 0.15) is 12.8 Å². The van der Waals surface area contributed by atoms with Crippen molar-refractivity contribution in [3.05, 3.63) is 58.6 Å². The van der Waals surface area contributed by atoms with E-state index in [9.17, 15) is 14.9 Å². The molecule has 1 heterocycles. The number of benzene rings is 2. The zero-order valence-corrected chi connectivity index (χ0v) is 13.7. The van der Waals surface area contributed by atoms with E-state index in [4.69, 9.17) is 4.74 Å². The Bertz CT molecular complexity index is 772. The van der Waals surface area contributed by atoms with Crippen LogP contribution in [0.5, 0.6) is 5.75 Å². The van der Waals surface area contributed by atoms with Gasteiger partial charge in [0.15, 0.2) is 6.61 Å². The molecule has 7 heteroatoms. The van der Waals surface area contributed by atoms with Crippen molar-refractivity contribution in [2.75, 3.05) is 29.9 Å². The van der Waals surface area contributed by atoms with Gasteiger partial charge in [-0.15, -0.1) is 0 Å². The third kappa shape index (κ3) is 4.47. The van der Waals surface area contributed by atoms with Gasteiger partial charge in [0, 0.05) is 30.5 Å². The number of rotatable bonds is 6. The van der Waals surface area contributed by atoms with Gasteiger partial charge in [0.2, 0.25) is 0 Å². The standard InChI is InChI=1S/C18H19N3O4/c22-18(13-25-17-8-4-7-16(12-17)21(23)24)19-14-5-3-6-15(11-14)20-9-1-2-10-20/h3-8,11-12H,1-2,9-10,13H2,(H,19,22). The zero-order chi connectivity index (χ0) is 17.6. The number of non-ortho nitro benzene ring substituents is 1. The Hall–Kier alpha value is -3.09. The first-order chi connectivity index (χ1) is 12.1. The van der Waals surface area contributed by atoms with Gasteiger partial charge >= 0.3 is 0 Å². The molecule has 0 spiro atoms. The molecule has 0 atom stereocenters. The minimum Gasteiger partial charge on any atom is -0.484 e. The zero-order valence-electron chi connectivity index (χ0n) is 13.7. The lowest BCUT2D eigenvalue weighted by Gasteiger charge is -2.18. The molecule has 0 saturated carbocycles. The second-order valence-corrected chi connectivity index (χ2v) is 5.84. The number of hydrogen-bond acceptors (Lipinski definition) is 5. The normalized spacial score (nSPS) is 13.5. The molecule has 3 rings (SSSR count). The largest absolute Gasteiger partial charge is 0.484 e. The Labute approximate surface area is 145 Å². The molecule has 1 aliphatic rings.